The van der Waals surface area contributed by atoms with Gasteiger partial charge in [-0.3, -0.25) is 4.79 Å². The molecular formula is C21H24N2O2. The molecule has 0 fully saturated rings. The van der Waals surface area contributed by atoms with E-state index in [1.807, 2.05) is 30.5 Å². The van der Waals surface area contributed by atoms with Crippen LogP contribution in [0.3, 0.4) is 0 Å². The molecule has 3 rings (SSSR count). The van der Waals surface area contributed by atoms with Gasteiger partial charge in [-0.1, -0.05) is 56.3 Å². The summed E-state index contributed by atoms with van der Waals surface area (Å²) in [5, 5.41) is 13.8. The Labute approximate surface area is 147 Å². The van der Waals surface area contributed by atoms with Crippen molar-refractivity contribution >= 4 is 16.9 Å². The lowest BCUT2D eigenvalue weighted by Gasteiger charge is -2.15. The molecule has 1 aromatic heterocycles. The molecule has 0 unspecified atom stereocenters. The predicted molar refractivity (Wildman–Crippen MR) is 101 cm³/mol. The molecule has 25 heavy (non-hydrogen) atoms. The van der Waals surface area contributed by atoms with Crippen LogP contribution in [0.4, 0.5) is 0 Å². The summed E-state index contributed by atoms with van der Waals surface area (Å²) in [6.45, 7) is 4.86. The molecule has 0 aliphatic rings. The van der Waals surface area contributed by atoms with Crippen LogP contribution in [0, 0.1) is 0 Å². The van der Waals surface area contributed by atoms with E-state index in [1.54, 1.807) is 0 Å². The number of aromatic amines is 1. The van der Waals surface area contributed by atoms with Crippen LogP contribution in [0.5, 0.6) is 0 Å². The zero-order chi connectivity index (χ0) is 17.8. The van der Waals surface area contributed by atoms with Crippen molar-refractivity contribution in [1.29, 1.82) is 0 Å². The molecule has 3 aromatic rings. The molecule has 0 saturated heterocycles. The van der Waals surface area contributed by atoms with Gasteiger partial charge in [-0.25, -0.2) is 0 Å². The molecular weight excluding hydrogens is 312 g/mol. The average molecular weight is 336 g/mol. The van der Waals surface area contributed by atoms with Crippen molar-refractivity contribution in [3.8, 4) is 0 Å². The highest BCUT2D eigenvalue weighted by Gasteiger charge is 2.19. The summed E-state index contributed by atoms with van der Waals surface area (Å²) >= 11 is 0. The number of para-hydroxylation sites is 1. The molecule has 0 aliphatic carbocycles. The van der Waals surface area contributed by atoms with Gasteiger partial charge in [0.25, 0.3) is 0 Å². The van der Waals surface area contributed by atoms with Crippen LogP contribution in [0.1, 0.15) is 36.5 Å². The normalized spacial score (nSPS) is 12.6. The minimum Gasteiger partial charge on any atom is -0.480 e. The smallest absolute Gasteiger partial charge is 0.321 e. The van der Waals surface area contributed by atoms with E-state index in [2.05, 4.69) is 48.4 Å². The summed E-state index contributed by atoms with van der Waals surface area (Å²) in [6.07, 6.45) is 2.35. The zero-order valence-corrected chi connectivity index (χ0v) is 14.6. The summed E-state index contributed by atoms with van der Waals surface area (Å²) in [5.41, 5.74) is 4.43. The number of aliphatic carboxylic acids is 1. The maximum atomic E-state index is 11.7. The fraction of sp³-hybridized carbons (Fsp3) is 0.286. The van der Waals surface area contributed by atoms with E-state index in [0.29, 0.717) is 18.9 Å². The van der Waals surface area contributed by atoms with Gasteiger partial charge in [0.2, 0.25) is 0 Å². The fourth-order valence-electron chi connectivity index (χ4n) is 3.03. The van der Waals surface area contributed by atoms with Gasteiger partial charge in [-0.05, 0) is 28.7 Å². The van der Waals surface area contributed by atoms with Crippen LogP contribution < -0.4 is 5.32 Å². The van der Waals surface area contributed by atoms with Gasteiger partial charge in [0.05, 0.1) is 0 Å². The van der Waals surface area contributed by atoms with Gasteiger partial charge >= 0.3 is 5.97 Å². The molecule has 2 aromatic carbocycles. The van der Waals surface area contributed by atoms with Crippen LogP contribution >= 0.6 is 0 Å². The quantitative estimate of drug-likeness (QED) is 0.609. The summed E-state index contributed by atoms with van der Waals surface area (Å²) < 4.78 is 0. The highest BCUT2D eigenvalue weighted by molar-refractivity contribution is 5.84. The van der Waals surface area contributed by atoms with E-state index in [4.69, 9.17) is 0 Å². The highest BCUT2D eigenvalue weighted by Crippen LogP contribution is 2.19. The Kier molecular flexibility index (Phi) is 5.19. The van der Waals surface area contributed by atoms with Crippen LogP contribution in [0.2, 0.25) is 0 Å². The van der Waals surface area contributed by atoms with Gasteiger partial charge < -0.3 is 15.4 Å². The van der Waals surface area contributed by atoms with Crippen molar-refractivity contribution in [1.82, 2.24) is 10.3 Å². The van der Waals surface area contributed by atoms with E-state index in [9.17, 15) is 9.90 Å². The molecule has 0 bridgehead atoms. The first-order valence-corrected chi connectivity index (χ1v) is 8.64. The Morgan fingerprint density at radius 2 is 1.84 bits per heavy atom. The van der Waals surface area contributed by atoms with Crippen molar-refractivity contribution in [2.24, 2.45) is 0 Å². The number of hydrogen-bond donors (Lipinski definition) is 3. The van der Waals surface area contributed by atoms with E-state index in [-0.39, 0.29) is 0 Å². The number of carboxylic acid groups (broad SMARTS) is 1. The topological polar surface area (TPSA) is 65.1 Å². The molecule has 1 atom stereocenters. The van der Waals surface area contributed by atoms with Crippen molar-refractivity contribution in [3.63, 3.8) is 0 Å². The largest absolute Gasteiger partial charge is 0.480 e. The summed E-state index contributed by atoms with van der Waals surface area (Å²) in [4.78, 5) is 14.9. The molecule has 0 aliphatic heterocycles. The predicted octanol–water partition coefficient (Wildman–Crippen LogP) is 4.08. The monoisotopic (exact) mass is 336 g/mol. The Balaban J connectivity index is 1.68. The Morgan fingerprint density at radius 1 is 1.12 bits per heavy atom. The first-order chi connectivity index (χ1) is 12.0. The molecule has 0 radical (unpaired) electrons. The van der Waals surface area contributed by atoms with Crippen molar-refractivity contribution in [2.45, 2.75) is 38.8 Å². The average Bonchev–Trinajstić information content (AvgIpc) is 3.01. The maximum absolute atomic E-state index is 11.7. The van der Waals surface area contributed by atoms with Gasteiger partial charge in [-0.2, -0.15) is 0 Å². The Morgan fingerprint density at radius 3 is 2.52 bits per heavy atom. The number of H-pyrrole nitrogens is 1. The second kappa shape index (κ2) is 7.53. The Hall–Kier alpha value is -2.59. The van der Waals surface area contributed by atoms with E-state index < -0.39 is 12.0 Å². The van der Waals surface area contributed by atoms with E-state index >= 15 is 0 Å². The number of carbonyl (C=O) groups is 1. The van der Waals surface area contributed by atoms with Crippen molar-refractivity contribution in [2.75, 3.05) is 0 Å². The highest BCUT2D eigenvalue weighted by atomic mass is 16.4. The lowest BCUT2D eigenvalue weighted by Crippen LogP contribution is -2.38. The third-order valence-electron chi connectivity index (χ3n) is 4.60. The van der Waals surface area contributed by atoms with E-state index in [0.717, 1.165) is 22.0 Å². The standard InChI is InChI=1S/C21H24N2O2/c1-14(2)16-9-7-15(8-10-16)12-22-20(21(24)25)11-17-13-23-19-6-4-3-5-18(17)19/h3-10,13-14,20,22-23H,11-12H2,1-2H3,(H,24,25)/t20-/m0/s1. The number of fused-ring (bicyclic) bond motifs is 1. The van der Waals surface area contributed by atoms with Crippen LogP contribution in [-0.2, 0) is 17.8 Å². The number of nitrogens with one attached hydrogen (secondary N) is 2. The third-order valence-corrected chi connectivity index (χ3v) is 4.60. The van der Waals surface area contributed by atoms with Crippen molar-refractivity contribution < 1.29 is 9.90 Å². The summed E-state index contributed by atoms with van der Waals surface area (Å²) in [5.74, 6) is -0.334. The first-order valence-electron chi connectivity index (χ1n) is 8.64. The number of carboxylic acids is 1. The van der Waals surface area contributed by atoms with Crippen molar-refractivity contribution in [3.05, 3.63) is 71.4 Å². The lowest BCUT2D eigenvalue weighted by atomic mass is 10.0. The molecule has 4 nitrogen and oxygen atoms in total. The van der Waals surface area contributed by atoms with Crippen LogP contribution in [0.25, 0.3) is 10.9 Å². The molecule has 0 spiro atoms. The zero-order valence-electron chi connectivity index (χ0n) is 14.6. The van der Waals surface area contributed by atoms with Gasteiger partial charge in [0.1, 0.15) is 6.04 Å². The second-order valence-electron chi connectivity index (χ2n) is 6.73. The van der Waals surface area contributed by atoms with Crippen LogP contribution in [-0.4, -0.2) is 22.1 Å². The number of rotatable bonds is 7. The SMILES string of the molecule is CC(C)c1ccc(CN[C@@H](Cc2c[nH]c3ccccc23)C(=O)O)cc1. The van der Waals surface area contributed by atoms with Gasteiger partial charge in [0, 0.05) is 30.1 Å². The fourth-order valence-corrected chi connectivity index (χ4v) is 3.03. The number of aromatic nitrogens is 1. The second-order valence-corrected chi connectivity index (χ2v) is 6.73. The molecule has 0 saturated carbocycles. The van der Waals surface area contributed by atoms with Gasteiger partial charge in [0.15, 0.2) is 0 Å². The maximum Gasteiger partial charge on any atom is 0.321 e. The minimum absolute atomic E-state index is 0.448. The summed E-state index contributed by atoms with van der Waals surface area (Å²) in [7, 11) is 0. The molecule has 4 heteroatoms. The molecule has 1 heterocycles. The molecule has 0 amide bonds. The van der Waals surface area contributed by atoms with Crippen LogP contribution in [0.15, 0.2) is 54.7 Å². The van der Waals surface area contributed by atoms with Gasteiger partial charge in [-0.15, -0.1) is 0 Å². The number of hydrogen-bond acceptors (Lipinski definition) is 2. The summed E-state index contributed by atoms with van der Waals surface area (Å²) in [6, 6.07) is 15.7. The van der Waals surface area contributed by atoms with E-state index in [1.165, 1.54) is 5.56 Å². The Bertz CT molecular complexity index is 850. The molecule has 3 N–H and O–H groups in total. The minimum atomic E-state index is -0.830. The first kappa shape index (κ1) is 17.2. The lowest BCUT2D eigenvalue weighted by molar-refractivity contribution is -0.139. The third kappa shape index (κ3) is 4.09. The molecule has 130 valence electrons. The number of benzene rings is 2.